The molecule has 0 unspecified atom stereocenters. The molecule has 0 saturated carbocycles. The van der Waals surface area contributed by atoms with Crippen molar-refractivity contribution in [1.29, 1.82) is 0 Å². The fourth-order valence-electron chi connectivity index (χ4n) is 1.38. The van der Waals surface area contributed by atoms with Gasteiger partial charge in [-0.25, -0.2) is 8.78 Å². The second kappa shape index (κ2) is 3.99. The third-order valence-corrected chi connectivity index (χ3v) is 2.38. The van der Waals surface area contributed by atoms with Gasteiger partial charge in [0.1, 0.15) is 11.6 Å². The molecular formula is C12H7ClF2. The molecule has 3 heteroatoms. The minimum atomic E-state index is -0.523. The summed E-state index contributed by atoms with van der Waals surface area (Å²) in [6.45, 7) is 0. The van der Waals surface area contributed by atoms with Gasteiger partial charge in [-0.05, 0) is 23.8 Å². The number of rotatable bonds is 1. The number of hydrogen-bond acceptors (Lipinski definition) is 0. The molecule has 15 heavy (non-hydrogen) atoms. The van der Waals surface area contributed by atoms with E-state index in [9.17, 15) is 8.78 Å². The highest BCUT2D eigenvalue weighted by Crippen LogP contribution is 2.27. The Morgan fingerprint density at radius 3 is 2.40 bits per heavy atom. The van der Waals surface area contributed by atoms with Crippen molar-refractivity contribution >= 4 is 11.6 Å². The Kier molecular flexibility index (Phi) is 2.69. The summed E-state index contributed by atoms with van der Waals surface area (Å²) in [4.78, 5) is 0. The molecule has 0 aromatic heterocycles. The van der Waals surface area contributed by atoms with E-state index in [1.54, 1.807) is 18.2 Å². The van der Waals surface area contributed by atoms with Gasteiger partial charge in [0.05, 0.1) is 5.02 Å². The molecule has 0 saturated heterocycles. The van der Waals surface area contributed by atoms with Crippen LogP contribution in [0.3, 0.4) is 0 Å². The van der Waals surface area contributed by atoms with Gasteiger partial charge in [0.2, 0.25) is 0 Å². The van der Waals surface area contributed by atoms with Crippen molar-refractivity contribution in [2.24, 2.45) is 0 Å². The van der Waals surface area contributed by atoms with Crippen LogP contribution < -0.4 is 0 Å². The summed E-state index contributed by atoms with van der Waals surface area (Å²) >= 11 is 5.63. The summed E-state index contributed by atoms with van der Waals surface area (Å²) in [5.74, 6) is -0.920. The van der Waals surface area contributed by atoms with E-state index in [1.165, 1.54) is 24.3 Å². The zero-order chi connectivity index (χ0) is 10.8. The summed E-state index contributed by atoms with van der Waals surface area (Å²) < 4.78 is 26.5. The maximum Gasteiger partial charge on any atom is 0.149 e. The molecule has 2 aromatic carbocycles. The van der Waals surface area contributed by atoms with Crippen molar-refractivity contribution in [1.82, 2.24) is 0 Å². The highest BCUT2D eigenvalue weighted by molar-refractivity contribution is 6.31. The molecule has 0 aliphatic heterocycles. The predicted molar refractivity (Wildman–Crippen MR) is 56.8 cm³/mol. The Labute approximate surface area is 91.1 Å². The van der Waals surface area contributed by atoms with E-state index in [0.717, 1.165) is 0 Å². The summed E-state index contributed by atoms with van der Waals surface area (Å²) in [6.07, 6.45) is 0. The van der Waals surface area contributed by atoms with Crippen molar-refractivity contribution in [2.45, 2.75) is 0 Å². The van der Waals surface area contributed by atoms with Gasteiger partial charge >= 0.3 is 0 Å². The van der Waals surface area contributed by atoms with Gasteiger partial charge in [0.25, 0.3) is 0 Å². The first-order valence-corrected chi connectivity index (χ1v) is 4.76. The van der Waals surface area contributed by atoms with E-state index in [2.05, 4.69) is 0 Å². The van der Waals surface area contributed by atoms with Gasteiger partial charge in [0, 0.05) is 5.56 Å². The predicted octanol–water partition coefficient (Wildman–Crippen LogP) is 4.29. The molecule has 0 aliphatic rings. The summed E-state index contributed by atoms with van der Waals surface area (Å²) in [6, 6.07) is 10.4. The first kappa shape index (κ1) is 10.1. The molecule has 0 N–H and O–H groups in total. The Morgan fingerprint density at radius 2 is 1.67 bits per heavy atom. The Morgan fingerprint density at radius 1 is 0.933 bits per heavy atom. The van der Waals surface area contributed by atoms with Crippen LogP contribution in [0.5, 0.6) is 0 Å². The number of halogens is 3. The third kappa shape index (κ3) is 2.00. The second-order valence-electron chi connectivity index (χ2n) is 3.11. The first-order chi connectivity index (χ1) is 7.18. The monoisotopic (exact) mass is 224 g/mol. The van der Waals surface area contributed by atoms with Crippen molar-refractivity contribution in [3.05, 3.63) is 59.1 Å². The molecule has 0 amide bonds. The largest absolute Gasteiger partial charge is 0.207 e. The number of hydrogen-bond donors (Lipinski definition) is 0. The van der Waals surface area contributed by atoms with E-state index in [-0.39, 0.29) is 5.02 Å². The molecule has 0 heterocycles. The van der Waals surface area contributed by atoms with Crippen LogP contribution in [0.2, 0.25) is 5.02 Å². The zero-order valence-electron chi connectivity index (χ0n) is 7.68. The maximum absolute atomic E-state index is 13.6. The van der Waals surface area contributed by atoms with Crippen LogP contribution in [0.25, 0.3) is 11.1 Å². The van der Waals surface area contributed by atoms with E-state index >= 15 is 0 Å². The zero-order valence-corrected chi connectivity index (χ0v) is 8.43. The standard InChI is InChI=1S/C12H7ClF2/c13-11-6-2-5-10(12(11)15)8-3-1-4-9(14)7-8/h1-7H. The van der Waals surface area contributed by atoms with E-state index < -0.39 is 11.6 Å². The summed E-state index contributed by atoms with van der Waals surface area (Å²) in [5.41, 5.74) is 0.789. The second-order valence-corrected chi connectivity index (χ2v) is 3.52. The minimum Gasteiger partial charge on any atom is -0.207 e. The van der Waals surface area contributed by atoms with Gasteiger partial charge in [-0.1, -0.05) is 35.9 Å². The fraction of sp³-hybridized carbons (Fsp3) is 0. The van der Waals surface area contributed by atoms with Gasteiger partial charge in [-0.3, -0.25) is 0 Å². The summed E-state index contributed by atoms with van der Waals surface area (Å²) in [5, 5.41) is 0.0387. The van der Waals surface area contributed by atoms with E-state index in [4.69, 9.17) is 11.6 Å². The van der Waals surface area contributed by atoms with E-state index in [0.29, 0.717) is 11.1 Å². The lowest BCUT2D eigenvalue weighted by atomic mass is 10.1. The molecule has 0 fully saturated rings. The molecule has 0 bridgehead atoms. The van der Waals surface area contributed by atoms with Crippen LogP contribution in [0, 0.1) is 11.6 Å². The Hall–Kier alpha value is -1.41. The molecule has 0 nitrogen and oxygen atoms in total. The molecule has 0 spiro atoms. The minimum absolute atomic E-state index is 0.0387. The van der Waals surface area contributed by atoms with Crippen molar-refractivity contribution in [3.8, 4) is 11.1 Å². The van der Waals surface area contributed by atoms with Crippen molar-refractivity contribution in [3.63, 3.8) is 0 Å². The average Bonchev–Trinajstić information content (AvgIpc) is 2.22. The van der Waals surface area contributed by atoms with Crippen LogP contribution in [0.1, 0.15) is 0 Å². The van der Waals surface area contributed by atoms with Crippen LogP contribution in [0.4, 0.5) is 8.78 Å². The average molecular weight is 225 g/mol. The van der Waals surface area contributed by atoms with Gasteiger partial charge in [-0.2, -0.15) is 0 Å². The molecule has 2 aromatic rings. The Bertz CT molecular complexity index is 495. The normalized spacial score (nSPS) is 10.3. The lowest BCUT2D eigenvalue weighted by molar-refractivity contribution is 0.625. The Balaban J connectivity index is 2.59. The topological polar surface area (TPSA) is 0 Å². The molecule has 0 radical (unpaired) electrons. The van der Waals surface area contributed by atoms with E-state index in [1.807, 2.05) is 0 Å². The molecule has 2 rings (SSSR count). The number of benzene rings is 2. The molecule has 76 valence electrons. The van der Waals surface area contributed by atoms with Gasteiger partial charge in [0.15, 0.2) is 0 Å². The van der Waals surface area contributed by atoms with Crippen LogP contribution in [0.15, 0.2) is 42.5 Å². The van der Waals surface area contributed by atoms with Gasteiger partial charge in [-0.15, -0.1) is 0 Å². The highest BCUT2D eigenvalue weighted by atomic mass is 35.5. The smallest absolute Gasteiger partial charge is 0.149 e. The third-order valence-electron chi connectivity index (χ3n) is 2.09. The van der Waals surface area contributed by atoms with Gasteiger partial charge < -0.3 is 0 Å². The quantitative estimate of drug-likeness (QED) is 0.678. The lowest BCUT2D eigenvalue weighted by Crippen LogP contribution is -1.86. The summed E-state index contributed by atoms with van der Waals surface area (Å²) in [7, 11) is 0. The molecular weight excluding hydrogens is 218 g/mol. The van der Waals surface area contributed by atoms with Crippen LogP contribution >= 0.6 is 11.6 Å². The van der Waals surface area contributed by atoms with Crippen LogP contribution in [-0.4, -0.2) is 0 Å². The highest BCUT2D eigenvalue weighted by Gasteiger charge is 2.08. The van der Waals surface area contributed by atoms with Crippen molar-refractivity contribution < 1.29 is 8.78 Å². The lowest BCUT2D eigenvalue weighted by Gasteiger charge is -2.04. The SMILES string of the molecule is Fc1cccc(-c2cccc(Cl)c2F)c1. The molecule has 0 atom stereocenters. The van der Waals surface area contributed by atoms with Crippen LogP contribution in [-0.2, 0) is 0 Å². The first-order valence-electron chi connectivity index (χ1n) is 4.38. The molecule has 0 aliphatic carbocycles. The maximum atomic E-state index is 13.6. The van der Waals surface area contributed by atoms with Crippen molar-refractivity contribution in [2.75, 3.05) is 0 Å². The fourth-order valence-corrected chi connectivity index (χ4v) is 1.56.